The van der Waals surface area contributed by atoms with Gasteiger partial charge < -0.3 is 15.8 Å². The molecule has 7 nitrogen and oxygen atoms in total. The van der Waals surface area contributed by atoms with E-state index < -0.39 is 0 Å². The number of halogens is 1. The Hall–Kier alpha value is -2.12. The van der Waals surface area contributed by atoms with Crippen LogP contribution in [0.5, 0.6) is 5.75 Å². The maximum absolute atomic E-state index is 11.8. The molecule has 144 valence electrons. The van der Waals surface area contributed by atoms with Gasteiger partial charge in [0.2, 0.25) is 11.8 Å². The predicted molar refractivity (Wildman–Crippen MR) is 100 cm³/mol. The van der Waals surface area contributed by atoms with Gasteiger partial charge in [-0.25, -0.2) is 0 Å². The molecule has 4 N–H and O–H groups in total. The van der Waals surface area contributed by atoms with Crippen LogP contribution < -0.4 is 21.1 Å². The maximum Gasteiger partial charge on any atom is 0.257 e. The summed E-state index contributed by atoms with van der Waals surface area (Å²) < 4.78 is 5.45. The summed E-state index contributed by atoms with van der Waals surface area (Å²) in [7, 11) is 0. The second-order valence-corrected chi connectivity index (χ2v) is 6.06. The largest absolute Gasteiger partial charge is 0.484 e. The van der Waals surface area contributed by atoms with E-state index in [1.165, 1.54) is 0 Å². The number of ether oxygens (including phenoxy) is 1. The molecule has 0 spiro atoms. The number of benzene rings is 1. The van der Waals surface area contributed by atoms with E-state index in [2.05, 4.69) is 10.6 Å². The minimum atomic E-state index is -0.316. The monoisotopic (exact) mass is 383 g/mol. The van der Waals surface area contributed by atoms with E-state index in [9.17, 15) is 14.4 Å². The van der Waals surface area contributed by atoms with Crippen molar-refractivity contribution in [3.05, 3.63) is 29.8 Å². The summed E-state index contributed by atoms with van der Waals surface area (Å²) in [4.78, 5) is 34.7. The average Bonchev–Trinajstić information content (AvgIpc) is 2.60. The number of carbonyl (C=O) groups excluding carboxylic acids is 3. The second-order valence-electron chi connectivity index (χ2n) is 6.06. The average molecular weight is 384 g/mol. The number of nitrogens with two attached hydrogens (primary N) is 1. The van der Waals surface area contributed by atoms with Crippen molar-refractivity contribution >= 4 is 30.1 Å². The molecule has 0 bridgehead atoms. The molecule has 0 aromatic heterocycles. The highest BCUT2D eigenvalue weighted by Crippen LogP contribution is 2.26. The van der Waals surface area contributed by atoms with Crippen molar-refractivity contribution in [2.75, 3.05) is 19.7 Å². The number of unbranched alkanes of at least 4 members (excludes halogenated alkanes) is 2. The molecular weight excluding hydrogens is 358 g/mol. The lowest BCUT2D eigenvalue weighted by Crippen LogP contribution is -2.39. The summed E-state index contributed by atoms with van der Waals surface area (Å²) >= 11 is 0. The van der Waals surface area contributed by atoms with E-state index in [0.717, 1.165) is 24.8 Å². The van der Waals surface area contributed by atoms with Crippen molar-refractivity contribution in [3.63, 3.8) is 0 Å². The molecule has 0 radical (unpaired) electrons. The first-order valence-corrected chi connectivity index (χ1v) is 8.63. The fraction of sp³-hybridized carbons (Fsp3) is 0.500. The SMILES string of the molecule is Cl.NCCCCCNC(=O)COc1ccc(C2CCC(=O)NC2=O)cc1. The van der Waals surface area contributed by atoms with Crippen LogP contribution in [-0.4, -0.2) is 37.4 Å². The fourth-order valence-electron chi connectivity index (χ4n) is 2.68. The number of hydrogen-bond acceptors (Lipinski definition) is 5. The highest BCUT2D eigenvalue weighted by atomic mass is 35.5. The van der Waals surface area contributed by atoms with Crippen LogP contribution in [0.3, 0.4) is 0 Å². The third-order valence-corrected chi connectivity index (χ3v) is 4.09. The lowest BCUT2D eigenvalue weighted by molar-refractivity contribution is -0.134. The van der Waals surface area contributed by atoms with Crippen LogP contribution in [0.2, 0.25) is 0 Å². The molecule has 3 amide bonds. The van der Waals surface area contributed by atoms with Gasteiger partial charge in [0.1, 0.15) is 5.75 Å². The van der Waals surface area contributed by atoms with Gasteiger partial charge in [-0.2, -0.15) is 0 Å². The topological polar surface area (TPSA) is 111 Å². The number of piperidine rings is 1. The lowest BCUT2D eigenvalue weighted by Gasteiger charge is -2.21. The number of hydrogen-bond donors (Lipinski definition) is 3. The van der Waals surface area contributed by atoms with E-state index in [1.54, 1.807) is 24.3 Å². The summed E-state index contributed by atoms with van der Waals surface area (Å²) in [5.74, 6) is -0.408. The minimum Gasteiger partial charge on any atom is -0.484 e. The van der Waals surface area contributed by atoms with Crippen LogP contribution in [0.4, 0.5) is 0 Å². The molecule has 1 aliphatic rings. The van der Waals surface area contributed by atoms with Crippen LogP contribution in [-0.2, 0) is 14.4 Å². The molecule has 26 heavy (non-hydrogen) atoms. The Kier molecular flexibility index (Phi) is 9.69. The lowest BCUT2D eigenvalue weighted by atomic mass is 9.90. The summed E-state index contributed by atoms with van der Waals surface area (Å²) in [5.41, 5.74) is 6.25. The van der Waals surface area contributed by atoms with Gasteiger partial charge in [-0.05, 0) is 43.5 Å². The molecule has 1 aromatic carbocycles. The summed E-state index contributed by atoms with van der Waals surface area (Å²) in [6, 6.07) is 7.04. The zero-order valence-corrected chi connectivity index (χ0v) is 15.5. The summed E-state index contributed by atoms with van der Waals surface area (Å²) in [6.45, 7) is 1.25. The van der Waals surface area contributed by atoms with Crippen LogP contribution >= 0.6 is 12.4 Å². The standard InChI is InChI=1S/C18H25N3O4.ClH/c19-10-2-1-3-11-20-17(23)12-25-14-6-4-13(5-7-14)15-8-9-16(22)21-18(15)24;/h4-7,15H,1-3,8-12,19H2,(H,20,23)(H,21,22,24);1H. The van der Waals surface area contributed by atoms with Crippen molar-refractivity contribution in [1.29, 1.82) is 0 Å². The number of amides is 3. The Balaban J connectivity index is 0.00000338. The molecule has 1 aliphatic heterocycles. The minimum absolute atomic E-state index is 0. The normalized spacial score (nSPS) is 16.4. The quantitative estimate of drug-likeness (QED) is 0.439. The number of imide groups is 1. The van der Waals surface area contributed by atoms with Gasteiger partial charge in [-0.1, -0.05) is 18.6 Å². The molecule has 1 aromatic rings. The van der Waals surface area contributed by atoms with Crippen molar-refractivity contribution in [2.24, 2.45) is 5.73 Å². The third kappa shape index (κ3) is 7.01. The number of carbonyl (C=O) groups is 3. The zero-order valence-electron chi connectivity index (χ0n) is 14.7. The Morgan fingerprint density at radius 3 is 2.58 bits per heavy atom. The molecule has 8 heteroatoms. The van der Waals surface area contributed by atoms with Gasteiger partial charge in [0.25, 0.3) is 5.91 Å². The van der Waals surface area contributed by atoms with Crippen LogP contribution in [0.1, 0.15) is 43.6 Å². The highest BCUT2D eigenvalue weighted by Gasteiger charge is 2.27. The van der Waals surface area contributed by atoms with E-state index >= 15 is 0 Å². The van der Waals surface area contributed by atoms with E-state index in [0.29, 0.717) is 31.7 Å². The van der Waals surface area contributed by atoms with Gasteiger partial charge in [-0.3, -0.25) is 19.7 Å². The first kappa shape index (κ1) is 21.9. The van der Waals surface area contributed by atoms with Gasteiger partial charge in [0.15, 0.2) is 6.61 Å². The van der Waals surface area contributed by atoms with E-state index in [-0.39, 0.29) is 42.7 Å². The predicted octanol–water partition coefficient (Wildman–Crippen LogP) is 1.25. The van der Waals surface area contributed by atoms with Crippen molar-refractivity contribution in [1.82, 2.24) is 10.6 Å². The summed E-state index contributed by atoms with van der Waals surface area (Å²) in [5, 5.41) is 5.14. The van der Waals surface area contributed by atoms with Crippen LogP contribution in [0, 0.1) is 0 Å². The summed E-state index contributed by atoms with van der Waals surface area (Å²) in [6.07, 6.45) is 3.73. The highest BCUT2D eigenvalue weighted by molar-refractivity contribution is 6.00. The Morgan fingerprint density at radius 1 is 1.19 bits per heavy atom. The van der Waals surface area contributed by atoms with E-state index in [4.69, 9.17) is 10.5 Å². The third-order valence-electron chi connectivity index (χ3n) is 4.09. The van der Waals surface area contributed by atoms with Crippen molar-refractivity contribution in [3.8, 4) is 5.75 Å². The zero-order chi connectivity index (χ0) is 18.1. The Morgan fingerprint density at radius 2 is 1.92 bits per heavy atom. The first-order valence-electron chi connectivity index (χ1n) is 8.63. The Labute approximate surface area is 159 Å². The molecular formula is C18H26ClN3O4. The molecule has 1 saturated heterocycles. The molecule has 2 rings (SSSR count). The number of rotatable bonds is 9. The number of nitrogens with one attached hydrogen (secondary N) is 2. The smallest absolute Gasteiger partial charge is 0.257 e. The van der Waals surface area contributed by atoms with Crippen molar-refractivity contribution in [2.45, 2.75) is 38.0 Å². The molecule has 0 aliphatic carbocycles. The van der Waals surface area contributed by atoms with E-state index in [1.807, 2.05) is 0 Å². The van der Waals surface area contributed by atoms with Crippen molar-refractivity contribution < 1.29 is 19.1 Å². The molecule has 1 atom stereocenters. The molecule has 1 fully saturated rings. The van der Waals surface area contributed by atoms with Crippen LogP contribution in [0.15, 0.2) is 24.3 Å². The van der Waals surface area contributed by atoms with Crippen LogP contribution in [0.25, 0.3) is 0 Å². The maximum atomic E-state index is 11.8. The van der Waals surface area contributed by atoms with Gasteiger partial charge in [0.05, 0.1) is 5.92 Å². The van der Waals surface area contributed by atoms with Gasteiger partial charge in [-0.15, -0.1) is 12.4 Å². The first-order chi connectivity index (χ1) is 12.1. The van der Waals surface area contributed by atoms with Gasteiger partial charge in [0, 0.05) is 13.0 Å². The van der Waals surface area contributed by atoms with Gasteiger partial charge >= 0.3 is 0 Å². The fourth-order valence-corrected chi connectivity index (χ4v) is 2.68. The molecule has 1 heterocycles. The Bertz CT molecular complexity index is 607. The second kappa shape index (κ2) is 11.5. The molecule has 0 saturated carbocycles. The molecule has 1 unspecified atom stereocenters.